The van der Waals surface area contributed by atoms with Gasteiger partial charge >= 0.3 is 0 Å². The summed E-state index contributed by atoms with van der Waals surface area (Å²) in [5.74, 6) is 0.833. The van der Waals surface area contributed by atoms with Crippen LogP contribution in [-0.4, -0.2) is 31.1 Å². The minimum atomic E-state index is -0.338. The molecular formula is C14H18ClN3O2S. The molecule has 0 radical (unpaired) electrons. The Kier molecular flexibility index (Phi) is 4.70. The minimum absolute atomic E-state index is 0. The molecule has 0 bridgehead atoms. The zero-order valence-electron chi connectivity index (χ0n) is 11.9. The Morgan fingerprint density at radius 3 is 3.00 bits per heavy atom. The number of carbonyl (C=O) groups excluding carboxylic acids is 1. The summed E-state index contributed by atoms with van der Waals surface area (Å²) >= 11 is 1.47. The van der Waals surface area contributed by atoms with Gasteiger partial charge < -0.3 is 15.4 Å². The smallest absolute Gasteiger partial charge is 0.233 e. The third-order valence-electron chi connectivity index (χ3n) is 3.73. The number of carbonyl (C=O) groups is 1. The van der Waals surface area contributed by atoms with Crippen molar-refractivity contribution in [3.05, 3.63) is 18.2 Å². The summed E-state index contributed by atoms with van der Waals surface area (Å²) in [5.41, 5.74) is 0.538. The van der Waals surface area contributed by atoms with Crippen molar-refractivity contribution < 1.29 is 9.53 Å². The summed E-state index contributed by atoms with van der Waals surface area (Å²) in [7, 11) is 1.64. The average Bonchev–Trinajstić information content (AvgIpc) is 3.04. The number of nitrogens with zero attached hydrogens (tertiary/aromatic N) is 1. The predicted octanol–water partition coefficient (Wildman–Crippen LogP) is 2.66. The molecular weight excluding hydrogens is 310 g/mol. The average molecular weight is 328 g/mol. The number of methoxy groups -OCH3 is 1. The Morgan fingerprint density at radius 2 is 2.33 bits per heavy atom. The highest BCUT2D eigenvalue weighted by molar-refractivity contribution is 7.22. The topological polar surface area (TPSA) is 63.2 Å². The molecule has 1 aromatic carbocycles. The van der Waals surface area contributed by atoms with E-state index in [1.807, 2.05) is 25.1 Å². The quantitative estimate of drug-likeness (QED) is 0.909. The molecule has 2 heterocycles. The molecule has 5 nitrogen and oxygen atoms in total. The number of thiazole rings is 1. The van der Waals surface area contributed by atoms with Crippen LogP contribution in [0.15, 0.2) is 18.2 Å². The molecule has 1 saturated heterocycles. The van der Waals surface area contributed by atoms with E-state index in [9.17, 15) is 4.79 Å². The molecule has 1 unspecified atom stereocenters. The fraction of sp³-hybridized carbons (Fsp3) is 0.429. The Labute approximate surface area is 133 Å². The maximum absolute atomic E-state index is 12.3. The number of ether oxygens (including phenoxy) is 1. The van der Waals surface area contributed by atoms with Crippen LogP contribution < -0.4 is 15.4 Å². The van der Waals surface area contributed by atoms with E-state index in [0.29, 0.717) is 5.13 Å². The molecule has 2 aromatic rings. The lowest BCUT2D eigenvalue weighted by Gasteiger charge is -2.20. The molecule has 114 valence electrons. The number of benzene rings is 1. The number of hydrogen-bond donors (Lipinski definition) is 2. The van der Waals surface area contributed by atoms with Crippen LogP contribution in [0.4, 0.5) is 5.13 Å². The van der Waals surface area contributed by atoms with Gasteiger partial charge in [-0.1, -0.05) is 11.3 Å². The summed E-state index contributed by atoms with van der Waals surface area (Å²) < 4.78 is 6.20. The maximum Gasteiger partial charge on any atom is 0.233 e. The molecule has 21 heavy (non-hydrogen) atoms. The molecule has 7 heteroatoms. The number of fused-ring (bicyclic) bond motifs is 1. The number of halogens is 1. The van der Waals surface area contributed by atoms with Gasteiger partial charge in [0.05, 0.1) is 22.7 Å². The van der Waals surface area contributed by atoms with Gasteiger partial charge in [-0.25, -0.2) is 4.98 Å². The van der Waals surface area contributed by atoms with Crippen LogP contribution in [0, 0.1) is 5.41 Å². The van der Waals surface area contributed by atoms with Crippen molar-refractivity contribution in [2.75, 3.05) is 25.5 Å². The van der Waals surface area contributed by atoms with Gasteiger partial charge in [-0.15, -0.1) is 12.4 Å². The van der Waals surface area contributed by atoms with Crippen molar-refractivity contribution in [2.45, 2.75) is 13.3 Å². The molecule has 0 saturated carbocycles. The molecule has 0 aliphatic carbocycles. The highest BCUT2D eigenvalue weighted by Crippen LogP contribution is 2.31. The zero-order chi connectivity index (χ0) is 14.2. The molecule has 1 atom stereocenters. The number of nitrogens with one attached hydrogen (secondary N) is 2. The number of aromatic nitrogens is 1. The SMILES string of the molecule is COc1ccc2nc(NC(=O)C3(C)CCNC3)sc2c1.Cl. The standard InChI is InChI=1S/C14H17N3O2S.ClH/c1-14(5-6-15-8-14)12(18)17-13-16-10-4-3-9(19-2)7-11(10)20-13;/h3-4,7,15H,5-6,8H2,1-2H3,(H,16,17,18);1H. The molecule has 1 aliphatic rings. The van der Waals surface area contributed by atoms with Crippen molar-refractivity contribution in [1.29, 1.82) is 0 Å². The lowest BCUT2D eigenvalue weighted by Crippen LogP contribution is -2.35. The van der Waals surface area contributed by atoms with Crippen LogP contribution in [0.2, 0.25) is 0 Å². The highest BCUT2D eigenvalue weighted by Gasteiger charge is 2.36. The summed E-state index contributed by atoms with van der Waals surface area (Å²) in [4.78, 5) is 16.8. The van der Waals surface area contributed by atoms with Gasteiger partial charge in [0.25, 0.3) is 0 Å². The summed E-state index contributed by atoms with van der Waals surface area (Å²) in [6.45, 7) is 3.59. The van der Waals surface area contributed by atoms with Crippen molar-refractivity contribution in [3.63, 3.8) is 0 Å². The maximum atomic E-state index is 12.3. The second-order valence-electron chi connectivity index (χ2n) is 5.29. The van der Waals surface area contributed by atoms with Crippen LogP contribution in [0.5, 0.6) is 5.75 Å². The molecule has 3 rings (SSSR count). The summed E-state index contributed by atoms with van der Waals surface area (Å²) in [5, 5.41) is 6.81. The van der Waals surface area contributed by atoms with Crippen molar-refractivity contribution in [2.24, 2.45) is 5.41 Å². The molecule has 1 aliphatic heterocycles. The molecule has 2 N–H and O–H groups in total. The van der Waals surface area contributed by atoms with Crippen LogP contribution in [-0.2, 0) is 4.79 Å². The zero-order valence-corrected chi connectivity index (χ0v) is 13.6. The number of amides is 1. The Morgan fingerprint density at radius 1 is 1.52 bits per heavy atom. The highest BCUT2D eigenvalue weighted by atomic mass is 35.5. The van der Waals surface area contributed by atoms with E-state index in [1.54, 1.807) is 7.11 Å². The predicted molar refractivity (Wildman–Crippen MR) is 87.6 cm³/mol. The van der Waals surface area contributed by atoms with Crippen molar-refractivity contribution in [1.82, 2.24) is 10.3 Å². The van der Waals surface area contributed by atoms with E-state index in [-0.39, 0.29) is 23.7 Å². The Balaban J connectivity index is 0.00000161. The second kappa shape index (κ2) is 6.17. The van der Waals surface area contributed by atoms with Crippen LogP contribution in [0.25, 0.3) is 10.2 Å². The molecule has 1 fully saturated rings. The van der Waals surface area contributed by atoms with Crippen LogP contribution in [0.3, 0.4) is 0 Å². The Bertz CT molecular complexity index is 653. The molecule has 0 spiro atoms. The van der Waals surface area contributed by atoms with E-state index >= 15 is 0 Å². The largest absolute Gasteiger partial charge is 0.497 e. The first-order valence-corrected chi connectivity index (χ1v) is 7.39. The number of anilines is 1. The van der Waals surface area contributed by atoms with Crippen LogP contribution >= 0.6 is 23.7 Å². The van der Waals surface area contributed by atoms with Crippen molar-refractivity contribution in [3.8, 4) is 5.75 Å². The van der Waals surface area contributed by atoms with E-state index in [1.165, 1.54) is 11.3 Å². The van der Waals surface area contributed by atoms with E-state index in [4.69, 9.17) is 4.74 Å². The summed E-state index contributed by atoms with van der Waals surface area (Å²) in [6.07, 6.45) is 0.859. The first-order valence-electron chi connectivity index (χ1n) is 6.57. The van der Waals surface area contributed by atoms with E-state index in [2.05, 4.69) is 15.6 Å². The fourth-order valence-electron chi connectivity index (χ4n) is 2.34. The number of rotatable bonds is 3. The Hall–Kier alpha value is -1.37. The third kappa shape index (κ3) is 3.12. The lowest BCUT2D eigenvalue weighted by molar-refractivity contribution is -0.123. The number of hydrogen-bond acceptors (Lipinski definition) is 5. The molecule has 1 aromatic heterocycles. The first-order chi connectivity index (χ1) is 9.60. The van der Waals surface area contributed by atoms with E-state index in [0.717, 1.165) is 35.5 Å². The van der Waals surface area contributed by atoms with Crippen LogP contribution in [0.1, 0.15) is 13.3 Å². The lowest BCUT2D eigenvalue weighted by atomic mass is 9.89. The van der Waals surface area contributed by atoms with Gasteiger partial charge in [-0.05, 0) is 38.1 Å². The van der Waals surface area contributed by atoms with E-state index < -0.39 is 0 Å². The minimum Gasteiger partial charge on any atom is -0.497 e. The normalized spacial score (nSPS) is 21.0. The van der Waals surface area contributed by atoms with Gasteiger partial charge in [0, 0.05) is 6.54 Å². The van der Waals surface area contributed by atoms with Gasteiger partial charge in [0.2, 0.25) is 5.91 Å². The van der Waals surface area contributed by atoms with Gasteiger partial charge in [0.15, 0.2) is 5.13 Å². The fourth-order valence-corrected chi connectivity index (χ4v) is 3.23. The molecule has 1 amide bonds. The van der Waals surface area contributed by atoms with Gasteiger partial charge in [-0.2, -0.15) is 0 Å². The van der Waals surface area contributed by atoms with Gasteiger partial charge in [0.1, 0.15) is 5.75 Å². The first kappa shape index (κ1) is 16.0. The van der Waals surface area contributed by atoms with Gasteiger partial charge in [-0.3, -0.25) is 4.79 Å². The van der Waals surface area contributed by atoms with Crippen molar-refractivity contribution >= 4 is 45.0 Å². The second-order valence-corrected chi connectivity index (χ2v) is 6.32. The monoisotopic (exact) mass is 327 g/mol. The third-order valence-corrected chi connectivity index (χ3v) is 4.67. The summed E-state index contributed by atoms with van der Waals surface area (Å²) in [6, 6.07) is 5.70.